The lowest BCUT2D eigenvalue weighted by molar-refractivity contribution is 0.223. The summed E-state index contributed by atoms with van der Waals surface area (Å²) >= 11 is 5.37. The minimum atomic E-state index is 0.292. The Morgan fingerprint density at radius 3 is 2.56 bits per heavy atom. The molecule has 0 aromatic heterocycles. The lowest BCUT2D eigenvalue weighted by atomic mass is 9.98. The summed E-state index contributed by atoms with van der Waals surface area (Å²) in [6.45, 7) is 2.47. The van der Waals surface area contributed by atoms with Crippen LogP contribution in [-0.2, 0) is 6.42 Å². The highest BCUT2D eigenvalue weighted by atomic mass is 79.9. The van der Waals surface area contributed by atoms with Gasteiger partial charge in [0.05, 0.1) is 0 Å². The van der Waals surface area contributed by atoms with E-state index >= 15 is 0 Å². The van der Waals surface area contributed by atoms with Gasteiger partial charge in [0.15, 0.2) is 0 Å². The van der Waals surface area contributed by atoms with E-state index in [1.807, 2.05) is 11.8 Å². The Morgan fingerprint density at radius 1 is 1.31 bits per heavy atom. The van der Waals surface area contributed by atoms with Crippen molar-refractivity contribution in [3.05, 3.63) is 34.3 Å². The minimum Gasteiger partial charge on any atom is -0.396 e. The van der Waals surface area contributed by atoms with Crippen molar-refractivity contribution in [2.24, 2.45) is 5.92 Å². The van der Waals surface area contributed by atoms with E-state index in [4.69, 9.17) is 0 Å². The molecule has 0 heterocycles. The first-order chi connectivity index (χ1) is 7.76. The van der Waals surface area contributed by atoms with Gasteiger partial charge in [-0.3, -0.25) is 0 Å². The van der Waals surface area contributed by atoms with Gasteiger partial charge in [-0.25, -0.2) is 0 Å². The fraction of sp³-hybridized carbons (Fsp3) is 0.538. The van der Waals surface area contributed by atoms with Crippen LogP contribution >= 0.6 is 27.7 Å². The molecule has 3 heteroatoms. The number of hydrogen-bond donors (Lipinski definition) is 1. The first-order valence-electron chi connectivity index (χ1n) is 5.69. The second kappa shape index (κ2) is 8.15. The Morgan fingerprint density at radius 2 is 2.00 bits per heavy atom. The molecular formula is C13H19BrOS. The van der Waals surface area contributed by atoms with Gasteiger partial charge in [-0.05, 0) is 48.0 Å². The molecule has 1 N–H and O–H groups in total. The highest BCUT2D eigenvalue weighted by Crippen LogP contribution is 2.17. The molecule has 1 aromatic carbocycles. The van der Waals surface area contributed by atoms with Gasteiger partial charge in [0.2, 0.25) is 0 Å². The van der Waals surface area contributed by atoms with Gasteiger partial charge in [-0.15, -0.1) is 0 Å². The maximum absolute atomic E-state index is 9.32. The van der Waals surface area contributed by atoms with E-state index in [0.29, 0.717) is 12.5 Å². The van der Waals surface area contributed by atoms with E-state index in [0.717, 1.165) is 28.8 Å². The van der Waals surface area contributed by atoms with Gasteiger partial charge in [0, 0.05) is 11.1 Å². The molecule has 1 rings (SSSR count). The fourth-order valence-corrected chi connectivity index (χ4v) is 2.66. The van der Waals surface area contributed by atoms with E-state index < -0.39 is 0 Å². The van der Waals surface area contributed by atoms with Gasteiger partial charge in [-0.2, -0.15) is 11.8 Å². The van der Waals surface area contributed by atoms with Crippen LogP contribution in [-0.4, -0.2) is 23.2 Å². The second-order valence-electron chi connectivity index (χ2n) is 3.86. The van der Waals surface area contributed by atoms with Crippen molar-refractivity contribution in [1.29, 1.82) is 0 Å². The zero-order valence-electron chi connectivity index (χ0n) is 9.66. The molecule has 0 aliphatic rings. The number of aliphatic hydroxyl groups excluding tert-OH is 1. The maximum atomic E-state index is 9.32. The van der Waals surface area contributed by atoms with Gasteiger partial charge in [-0.1, -0.05) is 35.0 Å². The molecule has 0 bridgehead atoms. The molecule has 0 amide bonds. The van der Waals surface area contributed by atoms with Crippen molar-refractivity contribution in [1.82, 2.24) is 0 Å². The van der Waals surface area contributed by atoms with Crippen LogP contribution in [0, 0.1) is 5.92 Å². The highest BCUT2D eigenvalue weighted by Gasteiger charge is 2.08. The molecule has 0 radical (unpaired) electrons. The Balaban J connectivity index is 2.40. The quantitative estimate of drug-likeness (QED) is 0.774. The molecular weight excluding hydrogens is 284 g/mol. The van der Waals surface area contributed by atoms with Gasteiger partial charge in [0.25, 0.3) is 0 Å². The summed E-state index contributed by atoms with van der Waals surface area (Å²) in [5.41, 5.74) is 1.31. The number of rotatable bonds is 7. The van der Waals surface area contributed by atoms with Crippen LogP contribution in [0.2, 0.25) is 0 Å². The average molecular weight is 303 g/mol. The minimum absolute atomic E-state index is 0.292. The smallest absolute Gasteiger partial charge is 0.0462 e. The van der Waals surface area contributed by atoms with E-state index in [-0.39, 0.29) is 0 Å². The summed E-state index contributed by atoms with van der Waals surface area (Å²) in [5, 5.41) is 9.32. The van der Waals surface area contributed by atoms with Gasteiger partial charge < -0.3 is 5.11 Å². The summed E-state index contributed by atoms with van der Waals surface area (Å²) in [7, 11) is 0. The third kappa shape index (κ3) is 5.37. The molecule has 16 heavy (non-hydrogen) atoms. The number of benzene rings is 1. The van der Waals surface area contributed by atoms with Crippen molar-refractivity contribution < 1.29 is 5.11 Å². The number of thioether (sulfide) groups is 1. The van der Waals surface area contributed by atoms with Crippen molar-refractivity contribution in [2.45, 2.75) is 19.8 Å². The van der Waals surface area contributed by atoms with Crippen LogP contribution in [0.25, 0.3) is 0 Å². The number of halogens is 1. The lowest BCUT2D eigenvalue weighted by Crippen LogP contribution is -2.10. The number of hydrogen-bond acceptors (Lipinski definition) is 2. The maximum Gasteiger partial charge on any atom is 0.0462 e. The first-order valence-corrected chi connectivity index (χ1v) is 7.64. The molecule has 1 unspecified atom stereocenters. The summed E-state index contributed by atoms with van der Waals surface area (Å²) in [4.78, 5) is 0. The zero-order valence-corrected chi connectivity index (χ0v) is 12.1. The fourth-order valence-electron chi connectivity index (χ4n) is 1.61. The topological polar surface area (TPSA) is 20.2 Å². The van der Waals surface area contributed by atoms with Crippen molar-refractivity contribution in [3.8, 4) is 0 Å². The van der Waals surface area contributed by atoms with Crippen molar-refractivity contribution >= 4 is 27.7 Å². The van der Waals surface area contributed by atoms with E-state index in [9.17, 15) is 5.11 Å². The average Bonchev–Trinajstić information content (AvgIpc) is 2.31. The standard InChI is InChI=1S/C13H19BrOS/c1-2-16-8-7-12(10-15)9-11-3-5-13(14)6-4-11/h3-6,12,15H,2,7-10H2,1H3. The van der Waals surface area contributed by atoms with Crippen LogP contribution < -0.4 is 0 Å². The molecule has 90 valence electrons. The summed E-state index contributed by atoms with van der Waals surface area (Å²) in [6.07, 6.45) is 2.08. The van der Waals surface area contributed by atoms with E-state index in [1.165, 1.54) is 5.56 Å². The molecule has 0 saturated heterocycles. The normalized spacial score (nSPS) is 12.7. The largest absolute Gasteiger partial charge is 0.396 e. The molecule has 1 atom stereocenters. The van der Waals surface area contributed by atoms with Crippen LogP contribution in [0.5, 0.6) is 0 Å². The second-order valence-corrected chi connectivity index (χ2v) is 6.17. The monoisotopic (exact) mass is 302 g/mol. The summed E-state index contributed by atoms with van der Waals surface area (Å²) in [6, 6.07) is 8.37. The van der Waals surface area contributed by atoms with E-state index in [1.54, 1.807) is 0 Å². The van der Waals surface area contributed by atoms with Crippen LogP contribution in [0.3, 0.4) is 0 Å². The summed E-state index contributed by atoms with van der Waals surface area (Å²) in [5.74, 6) is 2.72. The molecule has 0 spiro atoms. The molecule has 0 aliphatic heterocycles. The molecule has 0 aliphatic carbocycles. The third-order valence-electron chi connectivity index (χ3n) is 2.57. The van der Waals surface area contributed by atoms with Gasteiger partial charge >= 0.3 is 0 Å². The molecule has 0 fully saturated rings. The van der Waals surface area contributed by atoms with E-state index in [2.05, 4.69) is 47.1 Å². The molecule has 1 aromatic rings. The predicted octanol–water partition coefficient (Wildman–Crippen LogP) is 3.74. The molecule has 1 nitrogen and oxygen atoms in total. The van der Waals surface area contributed by atoms with Gasteiger partial charge in [0.1, 0.15) is 0 Å². The highest BCUT2D eigenvalue weighted by molar-refractivity contribution is 9.10. The van der Waals surface area contributed by atoms with Crippen molar-refractivity contribution in [2.75, 3.05) is 18.1 Å². The SMILES string of the molecule is CCSCCC(CO)Cc1ccc(Br)cc1. The Labute approximate surface area is 111 Å². The molecule has 0 saturated carbocycles. The summed E-state index contributed by atoms with van der Waals surface area (Å²) < 4.78 is 1.11. The predicted molar refractivity (Wildman–Crippen MR) is 76.0 cm³/mol. The first kappa shape index (κ1) is 14.1. The van der Waals surface area contributed by atoms with Crippen LogP contribution in [0.1, 0.15) is 18.9 Å². The van der Waals surface area contributed by atoms with Crippen molar-refractivity contribution in [3.63, 3.8) is 0 Å². The van der Waals surface area contributed by atoms with Crippen LogP contribution in [0.15, 0.2) is 28.7 Å². The Bertz CT molecular complexity index is 286. The lowest BCUT2D eigenvalue weighted by Gasteiger charge is -2.13. The number of aliphatic hydroxyl groups is 1. The third-order valence-corrected chi connectivity index (χ3v) is 4.03. The zero-order chi connectivity index (χ0) is 11.8. The Hall–Kier alpha value is 0.01000. The Kier molecular flexibility index (Phi) is 7.17. The van der Waals surface area contributed by atoms with Crippen LogP contribution in [0.4, 0.5) is 0 Å².